The number of rotatable bonds is 4. The van der Waals surface area contributed by atoms with Gasteiger partial charge >= 0.3 is 0 Å². The Balaban J connectivity index is 1.19. The third kappa shape index (κ3) is 6.47. The smallest absolute Gasteiger partial charge is 0.264 e. The van der Waals surface area contributed by atoms with Gasteiger partial charge in [0.25, 0.3) is 6.71 Å². The number of hydrogen-bond acceptors (Lipinski definition) is 3. The maximum Gasteiger partial charge on any atom is 0.264 e. The van der Waals surface area contributed by atoms with Crippen LogP contribution >= 0.6 is 11.3 Å². The summed E-state index contributed by atoms with van der Waals surface area (Å²) in [5.41, 5.74) is 24.7. The van der Waals surface area contributed by atoms with E-state index in [1.54, 1.807) is 11.1 Å². The minimum absolute atomic E-state index is 0.0718. The minimum atomic E-state index is 0.0718. The summed E-state index contributed by atoms with van der Waals surface area (Å²) in [5.74, 6) is 0. The second-order valence-electron chi connectivity index (χ2n) is 25.8. The van der Waals surface area contributed by atoms with Crippen molar-refractivity contribution in [3.8, 4) is 11.1 Å². The van der Waals surface area contributed by atoms with Crippen LogP contribution in [-0.2, 0) is 39.0 Å². The molecule has 12 rings (SSSR count). The molecule has 2 nitrogen and oxygen atoms in total. The molecule has 0 bridgehead atoms. The fourth-order valence-electron chi connectivity index (χ4n) is 13.7. The predicted octanol–water partition coefficient (Wildman–Crippen LogP) is 15.9. The Labute approximate surface area is 412 Å². The van der Waals surface area contributed by atoms with Crippen LogP contribution in [0.5, 0.6) is 0 Å². The lowest BCUT2D eigenvalue weighted by Crippen LogP contribution is -2.61. The van der Waals surface area contributed by atoms with Gasteiger partial charge in [-0.2, -0.15) is 0 Å². The van der Waals surface area contributed by atoms with Crippen LogP contribution in [0, 0.1) is 6.92 Å². The van der Waals surface area contributed by atoms with Crippen molar-refractivity contribution in [2.24, 2.45) is 0 Å². The normalized spacial score (nSPS) is 20.5. The molecule has 0 amide bonds. The van der Waals surface area contributed by atoms with Crippen molar-refractivity contribution in [2.45, 2.75) is 168 Å². The summed E-state index contributed by atoms with van der Waals surface area (Å²) in [6.45, 7) is 33.1. The van der Waals surface area contributed by atoms with E-state index in [4.69, 9.17) is 0 Å². The van der Waals surface area contributed by atoms with Crippen molar-refractivity contribution >= 4 is 72.3 Å². The molecule has 68 heavy (non-hydrogen) atoms. The van der Waals surface area contributed by atoms with Crippen molar-refractivity contribution in [3.05, 3.63) is 154 Å². The monoisotopic (exact) mass is 911 g/mol. The van der Waals surface area contributed by atoms with Gasteiger partial charge in [0, 0.05) is 44.2 Å². The van der Waals surface area contributed by atoms with Crippen molar-refractivity contribution < 1.29 is 0 Å². The van der Waals surface area contributed by atoms with Crippen LogP contribution < -0.4 is 25.5 Å². The van der Waals surface area contributed by atoms with Crippen LogP contribution in [0.4, 0.5) is 28.4 Å². The first-order valence-corrected chi connectivity index (χ1v) is 26.7. The molecule has 0 radical (unpaired) electrons. The van der Waals surface area contributed by atoms with E-state index in [0.29, 0.717) is 0 Å². The number of anilines is 5. The molecule has 4 heteroatoms. The van der Waals surface area contributed by atoms with Crippen LogP contribution in [0.2, 0.25) is 0 Å². The molecule has 0 saturated heterocycles. The Hall–Kier alpha value is -5.06. The number of hydrogen-bond donors (Lipinski definition) is 0. The van der Waals surface area contributed by atoms with Gasteiger partial charge in [-0.3, -0.25) is 0 Å². The number of aryl methyl sites for hydroxylation is 1. The molecule has 7 aromatic rings. The first kappa shape index (κ1) is 44.2. The van der Waals surface area contributed by atoms with E-state index in [2.05, 4.69) is 220 Å². The fraction of sp³-hybridized carbons (Fsp3) is 0.406. The van der Waals surface area contributed by atoms with E-state index < -0.39 is 0 Å². The molecule has 6 aromatic carbocycles. The number of benzene rings is 6. The average Bonchev–Trinajstić information content (AvgIpc) is 3.67. The van der Waals surface area contributed by atoms with Crippen LogP contribution in [0.25, 0.3) is 21.2 Å². The van der Waals surface area contributed by atoms with Gasteiger partial charge in [0.1, 0.15) is 0 Å². The number of thiophene rings is 1. The summed E-state index contributed by atoms with van der Waals surface area (Å²) < 4.78 is 2.92. The average molecular weight is 911 g/mol. The lowest BCUT2D eigenvalue weighted by Gasteiger charge is -2.47. The Morgan fingerprint density at radius 2 is 1.03 bits per heavy atom. The number of fused-ring (bicyclic) bond motifs is 9. The molecule has 0 spiro atoms. The second-order valence-corrected chi connectivity index (χ2v) is 26.9. The van der Waals surface area contributed by atoms with Gasteiger partial charge in [-0.1, -0.05) is 150 Å². The lowest BCUT2D eigenvalue weighted by atomic mass is 9.35. The molecule has 0 N–H and O–H groups in total. The third-order valence-corrected chi connectivity index (χ3v) is 19.6. The van der Waals surface area contributed by atoms with E-state index >= 15 is 0 Å². The number of nitrogens with zero attached hydrogens (tertiary/aromatic N) is 2. The molecule has 2 aliphatic heterocycles. The third-order valence-electron chi connectivity index (χ3n) is 18.4. The second kappa shape index (κ2) is 14.5. The molecule has 0 unspecified atom stereocenters. The molecular weight excluding hydrogens is 840 g/mol. The van der Waals surface area contributed by atoms with Gasteiger partial charge in [0.2, 0.25) is 0 Å². The summed E-state index contributed by atoms with van der Waals surface area (Å²) >= 11 is 2.09. The van der Waals surface area contributed by atoms with Crippen LogP contribution in [0.15, 0.2) is 109 Å². The maximum atomic E-state index is 2.78. The quantitative estimate of drug-likeness (QED) is 0.162. The van der Waals surface area contributed by atoms with Gasteiger partial charge in [-0.25, -0.2) is 0 Å². The van der Waals surface area contributed by atoms with Crippen LogP contribution in [0.3, 0.4) is 0 Å². The van der Waals surface area contributed by atoms with E-state index in [9.17, 15) is 0 Å². The first-order valence-electron chi connectivity index (χ1n) is 25.9. The van der Waals surface area contributed by atoms with Gasteiger partial charge in [0.15, 0.2) is 0 Å². The SMILES string of the molecule is Cc1cc2c3c(c1)N(c1ccc4c(c1)C(C)(C)CCC4(C)C)c1cc4c(cc1B3c1sc3cc5c(cc3c1N2Cc1ccccc1-c1ccccc1)C(C)(C)CCC5(C)C)C(C)(C)CCC4(C)C. The first-order chi connectivity index (χ1) is 32.1. The van der Waals surface area contributed by atoms with Gasteiger partial charge in [-0.05, 0) is 187 Å². The zero-order valence-electron chi connectivity index (χ0n) is 43.2. The zero-order chi connectivity index (χ0) is 47.7. The van der Waals surface area contributed by atoms with Gasteiger partial charge in [-0.15, -0.1) is 11.3 Å². The molecule has 5 aliphatic rings. The van der Waals surface area contributed by atoms with Crippen molar-refractivity contribution in [1.82, 2.24) is 0 Å². The van der Waals surface area contributed by atoms with E-state index in [1.807, 2.05) is 0 Å². The largest absolute Gasteiger partial charge is 0.337 e. The summed E-state index contributed by atoms with van der Waals surface area (Å²) in [5, 5.41) is 1.42. The van der Waals surface area contributed by atoms with E-state index in [0.717, 1.165) is 6.54 Å². The summed E-state index contributed by atoms with van der Waals surface area (Å²) in [6, 6.07) is 43.6. The van der Waals surface area contributed by atoms with Crippen LogP contribution in [-0.4, -0.2) is 6.71 Å². The molecule has 346 valence electrons. The predicted molar refractivity (Wildman–Crippen MR) is 296 cm³/mol. The van der Waals surface area contributed by atoms with Crippen molar-refractivity contribution in [3.63, 3.8) is 0 Å². The molecule has 3 aliphatic carbocycles. The van der Waals surface area contributed by atoms with E-state index in [-0.39, 0.29) is 39.2 Å². The molecule has 3 heterocycles. The molecular formula is C64H71BN2S. The highest BCUT2D eigenvalue weighted by atomic mass is 32.1. The zero-order valence-corrected chi connectivity index (χ0v) is 44.0. The van der Waals surface area contributed by atoms with Gasteiger partial charge < -0.3 is 9.80 Å². The molecule has 0 fully saturated rings. The standard InChI is InChI=1S/C64H71BN2S/c1-39-31-53-56-54(32-39)67(42-23-24-45-46(33-42)60(4,5)26-25-59(45,2)3)52-36-49-48(62(8,9)28-29-63(49,10)11)35-51(52)65(56)58-57(66(53)38-41-21-17-18-22-43(41)40-19-15-14-16-20-40)44-34-47-50(37-55(44)68-58)64(12,13)30-27-61(47,6)7/h14-24,31-37H,25-30,38H2,1-13H3. The highest BCUT2D eigenvalue weighted by Crippen LogP contribution is 2.55. The van der Waals surface area contributed by atoms with E-state index in [1.165, 1.54) is 137 Å². The lowest BCUT2D eigenvalue weighted by molar-refractivity contribution is 0.332. The molecule has 1 aromatic heterocycles. The maximum absolute atomic E-state index is 2.78. The molecule has 0 saturated carbocycles. The highest BCUT2D eigenvalue weighted by Gasteiger charge is 2.49. The van der Waals surface area contributed by atoms with Crippen molar-refractivity contribution in [1.29, 1.82) is 0 Å². The minimum Gasteiger partial charge on any atom is -0.337 e. The fourth-order valence-corrected chi connectivity index (χ4v) is 15.1. The van der Waals surface area contributed by atoms with Crippen molar-refractivity contribution in [2.75, 3.05) is 9.80 Å². The Morgan fingerprint density at radius 3 is 1.68 bits per heavy atom. The summed E-state index contributed by atoms with van der Waals surface area (Å²) in [7, 11) is 0. The Kier molecular flexibility index (Phi) is 9.42. The van der Waals surface area contributed by atoms with Gasteiger partial charge in [0.05, 0.1) is 5.69 Å². The highest BCUT2D eigenvalue weighted by molar-refractivity contribution is 7.33. The summed E-state index contributed by atoms with van der Waals surface area (Å²) in [6.07, 6.45) is 7.19. The summed E-state index contributed by atoms with van der Waals surface area (Å²) in [4.78, 5) is 5.50. The van der Waals surface area contributed by atoms with Crippen LogP contribution in [0.1, 0.15) is 166 Å². The molecule has 0 atom stereocenters. The Bertz CT molecular complexity index is 3250. The Morgan fingerprint density at radius 1 is 0.500 bits per heavy atom. The topological polar surface area (TPSA) is 6.48 Å².